The van der Waals surface area contributed by atoms with Crippen molar-refractivity contribution < 1.29 is 18.0 Å². The highest BCUT2D eigenvalue weighted by molar-refractivity contribution is 7.91. The number of para-hydroxylation sites is 1. The number of aryl methyl sites for hydroxylation is 1. The SMILES string of the molecule is Cc1cccc(-c2nc(C3CCS(=O)(=O)C3)no2)c1O. The van der Waals surface area contributed by atoms with E-state index >= 15 is 0 Å². The summed E-state index contributed by atoms with van der Waals surface area (Å²) in [6.07, 6.45) is 0.515. The number of hydrogen-bond donors (Lipinski definition) is 1. The van der Waals surface area contributed by atoms with Crippen LogP contribution in [-0.4, -0.2) is 35.2 Å². The predicted molar refractivity (Wildman–Crippen MR) is 72.1 cm³/mol. The van der Waals surface area contributed by atoms with Gasteiger partial charge in [0.25, 0.3) is 5.89 Å². The van der Waals surface area contributed by atoms with Crippen LogP contribution < -0.4 is 0 Å². The number of aromatic nitrogens is 2. The largest absolute Gasteiger partial charge is 0.507 e. The van der Waals surface area contributed by atoms with E-state index in [1.807, 2.05) is 0 Å². The molecule has 1 atom stereocenters. The summed E-state index contributed by atoms with van der Waals surface area (Å²) in [6, 6.07) is 5.25. The van der Waals surface area contributed by atoms with Crippen LogP contribution in [0.5, 0.6) is 5.75 Å². The van der Waals surface area contributed by atoms with Crippen molar-refractivity contribution in [3.63, 3.8) is 0 Å². The zero-order chi connectivity index (χ0) is 14.3. The molecule has 0 radical (unpaired) electrons. The summed E-state index contributed by atoms with van der Waals surface area (Å²) >= 11 is 0. The average molecular weight is 294 g/mol. The Kier molecular flexibility index (Phi) is 3.01. The van der Waals surface area contributed by atoms with Crippen LogP contribution in [0.1, 0.15) is 23.7 Å². The maximum Gasteiger partial charge on any atom is 0.261 e. The average Bonchev–Trinajstić information content (AvgIpc) is 2.99. The summed E-state index contributed by atoms with van der Waals surface area (Å²) in [7, 11) is -2.98. The zero-order valence-corrected chi connectivity index (χ0v) is 11.7. The highest BCUT2D eigenvalue weighted by atomic mass is 32.2. The Morgan fingerprint density at radius 2 is 2.20 bits per heavy atom. The van der Waals surface area contributed by atoms with Crippen molar-refractivity contribution in [2.75, 3.05) is 11.5 Å². The fourth-order valence-corrected chi connectivity index (χ4v) is 4.08. The molecule has 0 spiro atoms. The van der Waals surface area contributed by atoms with Crippen LogP contribution in [0.2, 0.25) is 0 Å². The Balaban J connectivity index is 1.93. The smallest absolute Gasteiger partial charge is 0.261 e. The second-order valence-electron chi connectivity index (χ2n) is 5.03. The number of benzene rings is 1. The quantitative estimate of drug-likeness (QED) is 0.905. The lowest BCUT2D eigenvalue weighted by molar-refractivity contribution is 0.413. The molecule has 0 aliphatic carbocycles. The summed E-state index contributed by atoms with van der Waals surface area (Å²) in [6.45, 7) is 1.78. The molecule has 2 heterocycles. The van der Waals surface area contributed by atoms with E-state index in [1.165, 1.54) is 0 Å². The molecule has 106 valence electrons. The maximum atomic E-state index is 11.5. The van der Waals surface area contributed by atoms with Gasteiger partial charge < -0.3 is 9.63 Å². The zero-order valence-electron chi connectivity index (χ0n) is 10.9. The fourth-order valence-electron chi connectivity index (χ4n) is 2.34. The highest BCUT2D eigenvalue weighted by Gasteiger charge is 2.32. The first-order valence-electron chi connectivity index (χ1n) is 6.29. The molecule has 1 N–H and O–H groups in total. The molecule has 7 heteroatoms. The Morgan fingerprint density at radius 1 is 1.40 bits per heavy atom. The van der Waals surface area contributed by atoms with Gasteiger partial charge in [-0.2, -0.15) is 4.98 Å². The summed E-state index contributed by atoms with van der Waals surface area (Å²) in [4.78, 5) is 4.23. The number of phenols is 1. The van der Waals surface area contributed by atoms with Crippen LogP contribution >= 0.6 is 0 Å². The second kappa shape index (κ2) is 4.59. The van der Waals surface area contributed by atoms with Gasteiger partial charge in [0.15, 0.2) is 15.7 Å². The molecule has 1 aliphatic rings. The molecule has 6 nitrogen and oxygen atoms in total. The summed E-state index contributed by atoms with van der Waals surface area (Å²) in [5.41, 5.74) is 1.18. The number of hydrogen-bond acceptors (Lipinski definition) is 6. The van der Waals surface area contributed by atoms with Crippen LogP contribution in [0, 0.1) is 6.92 Å². The first-order chi connectivity index (χ1) is 9.46. The first kappa shape index (κ1) is 13.1. The molecular formula is C13H14N2O4S. The molecule has 1 aromatic heterocycles. The van der Waals surface area contributed by atoms with Crippen LogP contribution in [0.4, 0.5) is 0 Å². The monoisotopic (exact) mass is 294 g/mol. The van der Waals surface area contributed by atoms with E-state index in [-0.39, 0.29) is 29.1 Å². The Labute approximate surface area is 116 Å². The minimum atomic E-state index is -2.98. The van der Waals surface area contributed by atoms with Crippen molar-refractivity contribution in [2.24, 2.45) is 0 Å². The molecule has 2 aromatic rings. The van der Waals surface area contributed by atoms with E-state index in [4.69, 9.17) is 4.52 Å². The van der Waals surface area contributed by atoms with Gasteiger partial charge in [0.1, 0.15) is 5.75 Å². The van der Waals surface area contributed by atoms with Gasteiger partial charge >= 0.3 is 0 Å². The fraction of sp³-hybridized carbons (Fsp3) is 0.385. The van der Waals surface area contributed by atoms with E-state index in [2.05, 4.69) is 10.1 Å². The number of nitrogens with zero attached hydrogens (tertiary/aromatic N) is 2. The standard InChI is InChI=1S/C13H14N2O4S/c1-8-3-2-4-10(11(8)16)13-14-12(15-19-13)9-5-6-20(17,18)7-9/h2-4,9,16H,5-7H2,1H3. The van der Waals surface area contributed by atoms with Crippen molar-refractivity contribution in [1.29, 1.82) is 0 Å². The maximum absolute atomic E-state index is 11.5. The van der Waals surface area contributed by atoms with Crippen LogP contribution in [0.3, 0.4) is 0 Å². The van der Waals surface area contributed by atoms with Gasteiger partial charge in [-0.3, -0.25) is 0 Å². The molecule has 0 bridgehead atoms. The van der Waals surface area contributed by atoms with Crippen molar-refractivity contribution in [1.82, 2.24) is 10.1 Å². The first-order valence-corrected chi connectivity index (χ1v) is 8.11. The van der Waals surface area contributed by atoms with E-state index < -0.39 is 9.84 Å². The van der Waals surface area contributed by atoms with Gasteiger partial charge in [-0.05, 0) is 25.0 Å². The molecule has 1 fully saturated rings. The van der Waals surface area contributed by atoms with E-state index in [0.717, 1.165) is 0 Å². The summed E-state index contributed by atoms with van der Waals surface area (Å²) in [5.74, 6) is 0.710. The molecule has 3 rings (SSSR count). The minimum Gasteiger partial charge on any atom is -0.507 e. The molecular weight excluding hydrogens is 280 g/mol. The summed E-state index contributed by atoms with van der Waals surface area (Å²) < 4.78 is 28.1. The third-order valence-electron chi connectivity index (χ3n) is 3.51. The summed E-state index contributed by atoms with van der Waals surface area (Å²) in [5, 5.41) is 13.8. The normalized spacial score (nSPS) is 21.1. The molecule has 1 unspecified atom stereocenters. The molecule has 20 heavy (non-hydrogen) atoms. The Bertz CT molecular complexity index is 751. The van der Waals surface area contributed by atoms with E-state index in [9.17, 15) is 13.5 Å². The topological polar surface area (TPSA) is 93.3 Å². The molecule has 1 aliphatic heterocycles. The van der Waals surface area contributed by atoms with Gasteiger partial charge in [-0.1, -0.05) is 17.3 Å². The van der Waals surface area contributed by atoms with Gasteiger partial charge in [0.2, 0.25) is 0 Å². The van der Waals surface area contributed by atoms with Crippen molar-refractivity contribution >= 4 is 9.84 Å². The van der Waals surface area contributed by atoms with E-state index in [1.54, 1.807) is 25.1 Å². The molecule has 0 amide bonds. The molecule has 1 aromatic carbocycles. The van der Waals surface area contributed by atoms with E-state index in [0.29, 0.717) is 23.4 Å². The van der Waals surface area contributed by atoms with Crippen molar-refractivity contribution in [3.8, 4) is 17.2 Å². The van der Waals surface area contributed by atoms with Crippen LogP contribution in [-0.2, 0) is 9.84 Å². The van der Waals surface area contributed by atoms with Gasteiger partial charge in [-0.15, -0.1) is 0 Å². The van der Waals surface area contributed by atoms with Crippen LogP contribution in [0.25, 0.3) is 11.5 Å². The molecule has 0 saturated carbocycles. The second-order valence-corrected chi connectivity index (χ2v) is 7.26. The third kappa shape index (κ3) is 2.29. The third-order valence-corrected chi connectivity index (χ3v) is 5.28. The van der Waals surface area contributed by atoms with Gasteiger partial charge in [0.05, 0.1) is 17.1 Å². The number of phenolic OH excluding ortho intramolecular Hbond substituents is 1. The lowest BCUT2D eigenvalue weighted by Crippen LogP contribution is -2.05. The van der Waals surface area contributed by atoms with Gasteiger partial charge in [0, 0.05) is 5.92 Å². The lowest BCUT2D eigenvalue weighted by Gasteiger charge is -2.02. The minimum absolute atomic E-state index is 0.0613. The highest BCUT2D eigenvalue weighted by Crippen LogP contribution is 2.33. The van der Waals surface area contributed by atoms with Crippen molar-refractivity contribution in [3.05, 3.63) is 29.6 Å². The number of aromatic hydroxyl groups is 1. The Morgan fingerprint density at radius 3 is 2.90 bits per heavy atom. The lowest BCUT2D eigenvalue weighted by atomic mass is 10.1. The number of rotatable bonds is 2. The predicted octanol–water partition coefficient (Wildman–Crippen LogP) is 1.65. The number of sulfone groups is 1. The van der Waals surface area contributed by atoms with Crippen molar-refractivity contribution in [2.45, 2.75) is 19.3 Å². The van der Waals surface area contributed by atoms with Crippen LogP contribution in [0.15, 0.2) is 22.7 Å². The Hall–Kier alpha value is -1.89. The van der Waals surface area contributed by atoms with Gasteiger partial charge in [-0.25, -0.2) is 8.42 Å². The molecule has 1 saturated heterocycles.